The predicted octanol–water partition coefficient (Wildman–Crippen LogP) is 3.02. The number of carbonyl (C=O) groups is 1. The van der Waals surface area contributed by atoms with E-state index in [2.05, 4.69) is 41.0 Å². The number of rotatable bonds is 5. The average Bonchev–Trinajstić information content (AvgIpc) is 3.04. The molecule has 4 nitrogen and oxygen atoms in total. The Morgan fingerprint density at radius 3 is 2.84 bits per heavy atom. The van der Waals surface area contributed by atoms with E-state index in [1.165, 1.54) is 16.9 Å². The second-order valence-corrected chi connectivity index (χ2v) is 5.76. The van der Waals surface area contributed by atoms with E-state index in [9.17, 15) is 4.79 Å². The lowest BCUT2D eigenvalue weighted by molar-refractivity contribution is 0.0594. The molecule has 1 unspecified atom stereocenters. The van der Waals surface area contributed by atoms with Crippen molar-refractivity contribution in [2.45, 2.75) is 26.4 Å². The second-order valence-electron chi connectivity index (χ2n) is 4.44. The van der Waals surface area contributed by atoms with Crippen LogP contribution in [0.2, 0.25) is 0 Å². The Balaban J connectivity index is 1.91. The Kier molecular flexibility index (Phi) is 4.39. The van der Waals surface area contributed by atoms with Crippen molar-refractivity contribution in [2.24, 2.45) is 0 Å². The summed E-state index contributed by atoms with van der Waals surface area (Å²) in [6.45, 7) is 4.93. The number of esters is 1. The van der Waals surface area contributed by atoms with Gasteiger partial charge < -0.3 is 15.0 Å². The van der Waals surface area contributed by atoms with E-state index in [1.54, 1.807) is 17.4 Å². The average molecular weight is 278 g/mol. The van der Waals surface area contributed by atoms with Crippen molar-refractivity contribution in [1.82, 2.24) is 10.3 Å². The molecule has 0 aromatic carbocycles. The van der Waals surface area contributed by atoms with Gasteiger partial charge in [0.1, 0.15) is 5.69 Å². The number of nitrogens with one attached hydrogen (secondary N) is 2. The van der Waals surface area contributed by atoms with Crippen molar-refractivity contribution in [1.29, 1.82) is 0 Å². The van der Waals surface area contributed by atoms with Crippen LogP contribution in [-0.4, -0.2) is 18.1 Å². The van der Waals surface area contributed by atoms with Gasteiger partial charge >= 0.3 is 5.97 Å². The Hall–Kier alpha value is -1.59. The summed E-state index contributed by atoms with van der Waals surface area (Å²) in [5.74, 6) is -0.340. The van der Waals surface area contributed by atoms with Crippen molar-refractivity contribution in [3.63, 3.8) is 0 Å². The summed E-state index contributed by atoms with van der Waals surface area (Å²) in [7, 11) is 1.38. The third-order valence-corrected chi connectivity index (χ3v) is 4.12. The molecule has 0 bridgehead atoms. The SMILES string of the molecule is COC(=O)c1ccc(CNC(C)c2ccc(C)s2)[nH]1. The molecule has 0 fully saturated rings. The quantitative estimate of drug-likeness (QED) is 0.827. The fraction of sp³-hybridized carbons (Fsp3) is 0.357. The molecule has 2 heterocycles. The predicted molar refractivity (Wildman–Crippen MR) is 76.4 cm³/mol. The van der Waals surface area contributed by atoms with Gasteiger partial charge in [0.15, 0.2) is 0 Å². The lowest BCUT2D eigenvalue weighted by Crippen LogP contribution is -2.17. The maximum absolute atomic E-state index is 11.3. The van der Waals surface area contributed by atoms with Crippen LogP contribution >= 0.6 is 11.3 Å². The molecule has 0 amide bonds. The second kappa shape index (κ2) is 6.04. The minimum absolute atomic E-state index is 0.295. The van der Waals surface area contributed by atoms with E-state index in [0.717, 1.165) is 5.69 Å². The molecular weight excluding hydrogens is 260 g/mol. The van der Waals surface area contributed by atoms with Gasteiger partial charge in [0.25, 0.3) is 0 Å². The minimum atomic E-state index is -0.340. The van der Waals surface area contributed by atoms with Crippen LogP contribution in [0.5, 0.6) is 0 Å². The number of hydrogen-bond acceptors (Lipinski definition) is 4. The van der Waals surface area contributed by atoms with Crippen molar-refractivity contribution in [3.8, 4) is 0 Å². The third kappa shape index (κ3) is 3.45. The highest BCUT2D eigenvalue weighted by Gasteiger charge is 2.10. The first-order chi connectivity index (χ1) is 9.10. The number of carbonyl (C=O) groups excluding carboxylic acids is 1. The Bertz CT molecular complexity index is 559. The molecule has 0 radical (unpaired) electrons. The largest absolute Gasteiger partial charge is 0.464 e. The number of aromatic nitrogens is 1. The molecule has 0 saturated carbocycles. The third-order valence-electron chi connectivity index (χ3n) is 2.94. The van der Waals surface area contributed by atoms with Crippen LogP contribution in [0.15, 0.2) is 24.3 Å². The van der Waals surface area contributed by atoms with Crippen molar-refractivity contribution in [2.75, 3.05) is 7.11 Å². The molecule has 0 aliphatic carbocycles. The molecule has 0 spiro atoms. The van der Waals surface area contributed by atoms with E-state index in [1.807, 2.05) is 6.07 Å². The maximum atomic E-state index is 11.3. The highest BCUT2D eigenvalue weighted by Crippen LogP contribution is 2.22. The summed E-state index contributed by atoms with van der Waals surface area (Å²) in [6, 6.07) is 8.20. The van der Waals surface area contributed by atoms with Crippen LogP contribution in [0, 0.1) is 6.92 Å². The first kappa shape index (κ1) is 13.8. The Morgan fingerprint density at radius 1 is 1.42 bits per heavy atom. The fourth-order valence-corrected chi connectivity index (χ4v) is 2.73. The summed E-state index contributed by atoms with van der Waals surface area (Å²) in [5.41, 5.74) is 1.46. The zero-order chi connectivity index (χ0) is 13.8. The van der Waals surface area contributed by atoms with E-state index in [-0.39, 0.29) is 5.97 Å². The summed E-state index contributed by atoms with van der Waals surface area (Å²) in [5, 5.41) is 3.43. The topological polar surface area (TPSA) is 54.1 Å². The molecule has 2 aromatic rings. The summed E-state index contributed by atoms with van der Waals surface area (Å²) in [6.07, 6.45) is 0. The first-order valence-electron chi connectivity index (χ1n) is 6.16. The smallest absolute Gasteiger partial charge is 0.354 e. The lowest BCUT2D eigenvalue weighted by Gasteiger charge is -2.11. The zero-order valence-corrected chi connectivity index (χ0v) is 12.1. The van der Waals surface area contributed by atoms with Gasteiger partial charge in [0, 0.05) is 28.0 Å². The summed E-state index contributed by atoms with van der Waals surface area (Å²) >= 11 is 1.80. The fourth-order valence-electron chi connectivity index (χ4n) is 1.82. The van der Waals surface area contributed by atoms with Gasteiger partial charge in [0.2, 0.25) is 0 Å². The van der Waals surface area contributed by atoms with E-state index < -0.39 is 0 Å². The highest BCUT2D eigenvalue weighted by atomic mass is 32.1. The number of aromatic amines is 1. The van der Waals surface area contributed by atoms with Gasteiger partial charge in [-0.2, -0.15) is 0 Å². The van der Waals surface area contributed by atoms with E-state index >= 15 is 0 Å². The Morgan fingerprint density at radius 2 is 2.21 bits per heavy atom. The number of aryl methyl sites for hydroxylation is 1. The van der Waals surface area contributed by atoms with Crippen LogP contribution in [0.3, 0.4) is 0 Å². The molecule has 2 aromatic heterocycles. The number of methoxy groups -OCH3 is 1. The summed E-state index contributed by atoms with van der Waals surface area (Å²) < 4.78 is 4.66. The van der Waals surface area contributed by atoms with Crippen LogP contribution < -0.4 is 5.32 Å². The van der Waals surface area contributed by atoms with Gasteiger partial charge in [-0.15, -0.1) is 11.3 Å². The van der Waals surface area contributed by atoms with Gasteiger partial charge in [0.05, 0.1) is 7.11 Å². The highest BCUT2D eigenvalue weighted by molar-refractivity contribution is 7.12. The normalized spacial score (nSPS) is 12.4. The minimum Gasteiger partial charge on any atom is -0.464 e. The molecule has 2 rings (SSSR count). The maximum Gasteiger partial charge on any atom is 0.354 e. The molecule has 0 aliphatic heterocycles. The van der Waals surface area contributed by atoms with Crippen LogP contribution in [0.1, 0.15) is 38.9 Å². The van der Waals surface area contributed by atoms with Crippen molar-refractivity contribution in [3.05, 3.63) is 45.4 Å². The number of thiophene rings is 1. The van der Waals surface area contributed by atoms with Crippen LogP contribution in [0.25, 0.3) is 0 Å². The molecule has 0 saturated heterocycles. The van der Waals surface area contributed by atoms with Crippen LogP contribution in [0.4, 0.5) is 0 Å². The monoisotopic (exact) mass is 278 g/mol. The van der Waals surface area contributed by atoms with Gasteiger partial charge in [-0.25, -0.2) is 4.79 Å². The van der Waals surface area contributed by atoms with Crippen LogP contribution in [-0.2, 0) is 11.3 Å². The van der Waals surface area contributed by atoms with Gasteiger partial charge in [-0.05, 0) is 38.1 Å². The molecule has 2 N–H and O–H groups in total. The van der Waals surface area contributed by atoms with Gasteiger partial charge in [-0.3, -0.25) is 0 Å². The van der Waals surface area contributed by atoms with Crippen molar-refractivity contribution < 1.29 is 9.53 Å². The number of H-pyrrole nitrogens is 1. The van der Waals surface area contributed by atoms with Crippen molar-refractivity contribution >= 4 is 17.3 Å². The molecule has 5 heteroatoms. The van der Waals surface area contributed by atoms with E-state index in [0.29, 0.717) is 18.3 Å². The summed E-state index contributed by atoms with van der Waals surface area (Å²) in [4.78, 5) is 17.0. The molecule has 1 atom stereocenters. The molecule has 102 valence electrons. The first-order valence-corrected chi connectivity index (χ1v) is 6.97. The molecular formula is C14H18N2O2S. The standard InChI is InChI=1S/C14H18N2O2S/c1-9-4-7-13(19-9)10(2)15-8-11-5-6-12(16-11)14(17)18-3/h4-7,10,15-16H,8H2,1-3H3. The lowest BCUT2D eigenvalue weighted by atomic mass is 10.2. The molecule has 19 heavy (non-hydrogen) atoms. The Labute approximate surface area is 116 Å². The number of hydrogen-bond donors (Lipinski definition) is 2. The zero-order valence-electron chi connectivity index (χ0n) is 11.3. The molecule has 0 aliphatic rings. The van der Waals surface area contributed by atoms with Gasteiger partial charge in [-0.1, -0.05) is 0 Å². The van der Waals surface area contributed by atoms with E-state index in [4.69, 9.17) is 0 Å². The number of ether oxygens (including phenoxy) is 1.